The van der Waals surface area contributed by atoms with Crippen LogP contribution in [0.15, 0.2) is 36.7 Å². The SMILES string of the molecule is C[C@@H]1CN(c2ncc(-c3c(F)cc(N4CCN(C)[C@@H](C)C4)c(NC(=O)c4ccc(F)cc4C(F)(F)F)c3F)cn2)C[C@H](C)O1.O=CO. The van der Waals surface area contributed by atoms with E-state index < -0.39 is 51.9 Å². The number of hydrogen-bond acceptors (Lipinski definition) is 8. The van der Waals surface area contributed by atoms with Crippen molar-refractivity contribution in [2.24, 2.45) is 0 Å². The van der Waals surface area contributed by atoms with Crippen LogP contribution in [0.25, 0.3) is 11.1 Å². The number of amides is 1. The van der Waals surface area contributed by atoms with E-state index in [9.17, 15) is 22.4 Å². The van der Waals surface area contributed by atoms with Crippen molar-refractivity contribution >= 4 is 29.7 Å². The summed E-state index contributed by atoms with van der Waals surface area (Å²) in [6, 6.07) is 2.58. The van der Waals surface area contributed by atoms with Gasteiger partial charge in [-0.05, 0) is 46.0 Å². The number of hydrogen-bond donors (Lipinski definition) is 2. The summed E-state index contributed by atoms with van der Waals surface area (Å²) < 4.78 is 92.6. The number of ether oxygens (including phenoxy) is 1. The monoisotopic (exact) mass is 668 g/mol. The quantitative estimate of drug-likeness (QED) is 0.277. The third kappa shape index (κ3) is 8.11. The zero-order valence-electron chi connectivity index (χ0n) is 26.0. The lowest BCUT2D eigenvalue weighted by Crippen LogP contribution is -2.50. The number of morpholine rings is 1. The summed E-state index contributed by atoms with van der Waals surface area (Å²) in [6.07, 6.45) is -2.72. The third-order valence-electron chi connectivity index (χ3n) is 7.90. The van der Waals surface area contributed by atoms with Crippen molar-refractivity contribution < 1.29 is 45.8 Å². The Morgan fingerprint density at radius 2 is 1.62 bits per heavy atom. The van der Waals surface area contributed by atoms with Gasteiger partial charge in [-0.2, -0.15) is 13.2 Å². The molecule has 0 unspecified atom stereocenters. The predicted octanol–water partition coefficient (Wildman–Crippen LogP) is 5.29. The Kier molecular flexibility index (Phi) is 11.0. The van der Waals surface area contributed by atoms with Crippen molar-refractivity contribution in [2.45, 2.75) is 45.2 Å². The summed E-state index contributed by atoms with van der Waals surface area (Å²) in [6.45, 7) is 7.71. The number of halogens is 6. The first-order valence-electron chi connectivity index (χ1n) is 14.6. The summed E-state index contributed by atoms with van der Waals surface area (Å²) in [4.78, 5) is 35.8. The zero-order chi connectivity index (χ0) is 34.6. The fourth-order valence-electron chi connectivity index (χ4n) is 5.59. The number of piperazine rings is 1. The van der Waals surface area contributed by atoms with Crippen molar-refractivity contribution in [3.63, 3.8) is 0 Å². The molecule has 2 aromatic carbocycles. The molecule has 5 rings (SSSR count). The van der Waals surface area contributed by atoms with Gasteiger partial charge >= 0.3 is 6.18 Å². The molecule has 3 atom stereocenters. The third-order valence-corrected chi connectivity index (χ3v) is 7.90. The number of carbonyl (C=O) groups excluding carboxylic acids is 1. The van der Waals surface area contributed by atoms with E-state index in [1.807, 2.05) is 37.6 Å². The standard InChI is InChI=1S/C30H32F6N6O2.CH2O2/c1-16-13-41(8-7-40(16)4)24-10-23(32)25(19-11-37-29(38-12-19)42-14-17(2)44-18(3)15-42)26(33)27(24)39-28(43)21-6-5-20(31)9-22(21)30(34,35)36;2-1-3/h5-6,9-12,16-18H,7-8,13-15H2,1-4H3,(H,39,43);1H,(H,2,3)/t16-,17-,18+;/m0./s1. The maximum Gasteiger partial charge on any atom is 0.417 e. The highest BCUT2D eigenvalue weighted by Gasteiger charge is 2.37. The molecule has 0 spiro atoms. The molecule has 2 saturated heterocycles. The average Bonchev–Trinajstić information content (AvgIpc) is 2.99. The second-order valence-corrected chi connectivity index (χ2v) is 11.4. The molecule has 3 heterocycles. The highest BCUT2D eigenvalue weighted by molar-refractivity contribution is 6.07. The lowest BCUT2D eigenvalue weighted by Gasteiger charge is -2.39. The van der Waals surface area contributed by atoms with Crippen molar-refractivity contribution in [1.82, 2.24) is 14.9 Å². The molecule has 2 aliphatic rings. The van der Waals surface area contributed by atoms with E-state index in [1.54, 1.807) is 4.90 Å². The number of rotatable bonds is 5. The summed E-state index contributed by atoms with van der Waals surface area (Å²) in [5.74, 6) is -4.37. The zero-order valence-corrected chi connectivity index (χ0v) is 26.0. The molecule has 1 amide bonds. The molecule has 2 fully saturated rings. The van der Waals surface area contributed by atoms with Gasteiger partial charge in [0.15, 0.2) is 5.82 Å². The van der Waals surface area contributed by atoms with Crippen LogP contribution >= 0.6 is 0 Å². The Morgan fingerprint density at radius 1 is 1.00 bits per heavy atom. The second kappa shape index (κ2) is 14.5. The Labute approximate surface area is 267 Å². The fraction of sp³-hybridized carbons (Fsp3) is 0.419. The molecule has 0 aliphatic carbocycles. The Hall–Kier alpha value is -4.44. The van der Waals surface area contributed by atoms with E-state index in [2.05, 4.69) is 15.3 Å². The lowest BCUT2D eigenvalue weighted by molar-refractivity contribution is -0.138. The average molecular weight is 669 g/mol. The first kappa shape index (κ1) is 35.4. The smallest absolute Gasteiger partial charge is 0.417 e. The molecule has 1 aromatic heterocycles. The maximum absolute atomic E-state index is 16.4. The van der Waals surface area contributed by atoms with Crippen LogP contribution in [0, 0.1) is 17.5 Å². The number of anilines is 3. The van der Waals surface area contributed by atoms with Crippen LogP contribution in [0.5, 0.6) is 0 Å². The minimum absolute atomic E-state index is 0.0291. The van der Waals surface area contributed by atoms with E-state index in [1.165, 1.54) is 12.4 Å². The van der Waals surface area contributed by atoms with Gasteiger partial charge in [0.1, 0.15) is 17.3 Å². The normalized spacial score (nSPS) is 20.3. The van der Waals surface area contributed by atoms with Crippen LogP contribution in [0.2, 0.25) is 0 Å². The summed E-state index contributed by atoms with van der Waals surface area (Å²) in [5.41, 5.74) is -3.59. The largest absolute Gasteiger partial charge is 0.483 e. The molecule has 2 N–H and O–H groups in total. The van der Waals surface area contributed by atoms with Gasteiger partial charge in [-0.15, -0.1) is 0 Å². The molecule has 2 aliphatic heterocycles. The minimum atomic E-state index is -5.06. The predicted molar refractivity (Wildman–Crippen MR) is 162 cm³/mol. The molecule has 3 aromatic rings. The fourth-order valence-corrected chi connectivity index (χ4v) is 5.59. The van der Waals surface area contributed by atoms with Gasteiger partial charge in [0.25, 0.3) is 12.4 Å². The molecular formula is C31H34F6N6O4. The molecule has 47 heavy (non-hydrogen) atoms. The highest BCUT2D eigenvalue weighted by Crippen LogP contribution is 2.40. The lowest BCUT2D eigenvalue weighted by atomic mass is 10.0. The molecule has 254 valence electrons. The van der Waals surface area contributed by atoms with E-state index >= 15 is 8.78 Å². The molecular weight excluding hydrogens is 634 g/mol. The van der Waals surface area contributed by atoms with Gasteiger partial charge in [0, 0.05) is 62.8 Å². The van der Waals surface area contributed by atoms with Crippen LogP contribution in [0.1, 0.15) is 36.7 Å². The first-order chi connectivity index (χ1) is 22.1. The minimum Gasteiger partial charge on any atom is -0.483 e. The maximum atomic E-state index is 16.4. The van der Waals surface area contributed by atoms with Crippen molar-refractivity contribution in [3.05, 3.63) is 65.2 Å². The van der Waals surface area contributed by atoms with E-state index in [0.717, 1.165) is 6.07 Å². The Balaban J connectivity index is 0.00000160. The van der Waals surface area contributed by atoms with E-state index in [-0.39, 0.29) is 42.0 Å². The van der Waals surface area contributed by atoms with Gasteiger partial charge in [0.2, 0.25) is 5.95 Å². The van der Waals surface area contributed by atoms with Crippen LogP contribution in [0.4, 0.5) is 43.7 Å². The van der Waals surface area contributed by atoms with E-state index in [4.69, 9.17) is 14.6 Å². The van der Waals surface area contributed by atoms with Crippen LogP contribution in [0.3, 0.4) is 0 Å². The number of carboxylic acid groups (broad SMARTS) is 1. The number of aromatic nitrogens is 2. The van der Waals surface area contributed by atoms with Gasteiger partial charge in [-0.25, -0.2) is 23.1 Å². The topological polar surface area (TPSA) is 111 Å². The van der Waals surface area contributed by atoms with Crippen LogP contribution in [-0.2, 0) is 15.7 Å². The van der Waals surface area contributed by atoms with Gasteiger partial charge in [-0.1, -0.05) is 0 Å². The number of alkyl halides is 3. The number of carbonyl (C=O) groups is 2. The van der Waals surface area contributed by atoms with Gasteiger partial charge < -0.3 is 29.9 Å². The Morgan fingerprint density at radius 3 is 2.19 bits per heavy atom. The second-order valence-electron chi connectivity index (χ2n) is 11.4. The van der Waals surface area contributed by atoms with Crippen molar-refractivity contribution in [3.8, 4) is 11.1 Å². The highest BCUT2D eigenvalue weighted by atomic mass is 19.4. The number of nitrogens with zero attached hydrogens (tertiary/aromatic N) is 5. The Bertz CT molecular complexity index is 1580. The van der Waals surface area contributed by atoms with Gasteiger partial charge in [0.05, 0.1) is 34.6 Å². The summed E-state index contributed by atoms with van der Waals surface area (Å²) in [7, 11) is 1.89. The molecule has 10 nitrogen and oxygen atoms in total. The molecule has 0 saturated carbocycles. The molecule has 16 heteroatoms. The number of likely N-dealkylation sites (N-methyl/N-ethyl adjacent to an activating group) is 1. The number of nitrogens with one attached hydrogen (secondary N) is 1. The van der Waals surface area contributed by atoms with Crippen molar-refractivity contribution in [2.75, 3.05) is 54.9 Å². The van der Waals surface area contributed by atoms with Gasteiger partial charge in [-0.3, -0.25) is 9.59 Å². The summed E-state index contributed by atoms with van der Waals surface area (Å²) >= 11 is 0. The van der Waals surface area contributed by atoms with Crippen LogP contribution < -0.4 is 15.1 Å². The number of benzene rings is 2. The summed E-state index contributed by atoms with van der Waals surface area (Å²) in [5, 5.41) is 9.13. The van der Waals surface area contributed by atoms with Crippen LogP contribution in [-0.4, -0.2) is 90.4 Å². The van der Waals surface area contributed by atoms with E-state index in [0.29, 0.717) is 50.8 Å². The first-order valence-corrected chi connectivity index (χ1v) is 14.6. The van der Waals surface area contributed by atoms with Crippen molar-refractivity contribution in [1.29, 1.82) is 0 Å². The molecule has 0 radical (unpaired) electrons. The molecule has 0 bridgehead atoms.